The maximum atomic E-state index is 7.42. The summed E-state index contributed by atoms with van der Waals surface area (Å²) in [6.07, 6.45) is 3.97. The summed E-state index contributed by atoms with van der Waals surface area (Å²) >= 11 is 0. The smallest absolute Gasteiger partial charge is 0.0937 e. The van der Waals surface area contributed by atoms with E-state index in [0.717, 1.165) is 38.2 Å². The largest absolute Gasteiger partial charge is 0.387 e. The first-order valence-corrected chi connectivity index (χ1v) is 5.70. The van der Waals surface area contributed by atoms with Crippen molar-refractivity contribution in [3.63, 3.8) is 0 Å². The van der Waals surface area contributed by atoms with Crippen molar-refractivity contribution in [3.05, 3.63) is 18.0 Å². The van der Waals surface area contributed by atoms with Crippen molar-refractivity contribution >= 4 is 5.84 Å². The number of hydrogen-bond donors (Lipinski definition) is 2. The average Bonchev–Trinajstić information content (AvgIpc) is 2.65. The average molecular weight is 221 g/mol. The molecular weight excluding hydrogens is 202 g/mol. The van der Waals surface area contributed by atoms with Crippen molar-refractivity contribution < 1.29 is 0 Å². The molecule has 1 fully saturated rings. The van der Waals surface area contributed by atoms with Crippen LogP contribution in [0.5, 0.6) is 0 Å². The van der Waals surface area contributed by atoms with Crippen LogP contribution in [0, 0.1) is 11.3 Å². The molecule has 5 nitrogen and oxygen atoms in total. The SMILES string of the molecule is Cn1ccc(CN2CCC(C(=N)N)CC2)n1. The minimum atomic E-state index is 0.292. The zero-order valence-corrected chi connectivity index (χ0v) is 9.69. The summed E-state index contributed by atoms with van der Waals surface area (Å²) in [5.74, 6) is 0.637. The minimum absolute atomic E-state index is 0.292. The Balaban J connectivity index is 1.83. The van der Waals surface area contributed by atoms with Gasteiger partial charge in [-0.3, -0.25) is 15.0 Å². The molecule has 0 saturated carbocycles. The standard InChI is InChI=1S/C11H19N5/c1-15-5-4-10(14-15)8-16-6-2-9(3-7-16)11(12)13/h4-5,9H,2-3,6-8H2,1H3,(H3,12,13). The highest BCUT2D eigenvalue weighted by Gasteiger charge is 2.21. The molecule has 1 saturated heterocycles. The van der Waals surface area contributed by atoms with Gasteiger partial charge in [0.1, 0.15) is 0 Å². The molecule has 2 rings (SSSR count). The predicted molar refractivity (Wildman–Crippen MR) is 63.1 cm³/mol. The van der Waals surface area contributed by atoms with E-state index < -0.39 is 0 Å². The van der Waals surface area contributed by atoms with E-state index in [0.29, 0.717) is 11.8 Å². The highest BCUT2D eigenvalue weighted by atomic mass is 15.3. The molecule has 0 atom stereocenters. The second kappa shape index (κ2) is 4.65. The summed E-state index contributed by atoms with van der Waals surface area (Å²) in [6, 6.07) is 2.05. The first-order chi connectivity index (χ1) is 7.65. The Kier molecular flexibility index (Phi) is 3.24. The molecule has 1 aromatic rings. The molecule has 2 heterocycles. The number of piperidine rings is 1. The van der Waals surface area contributed by atoms with Crippen LogP contribution >= 0.6 is 0 Å². The zero-order chi connectivity index (χ0) is 11.5. The molecule has 0 amide bonds. The summed E-state index contributed by atoms with van der Waals surface area (Å²) in [6.45, 7) is 2.94. The Bertz CT molecular complexity index is 362. The summed E-state index contributed by atoms with van der Waals surface area (Å²) in [5, 5.41) is 11.8. The lowest BCUT2D eigenvalue weighted by atomic mass is 9.96. The Labute approximate surface area is 95.7 Å². The number of likely N-dealkylation sites (tertiary alicyclic amines) is 1. The predicted octanol–water partition coefficient (Wildman–Crippen LogP) is 0.568. The van der Waals surface area contributed by atoms with E-state index in [1.807, 2.05) is 17.9 Å². The molecule has 1 aliphatic rings. The van der Waals surface area contributed by atoms with Gasteiger partial charge in [0.15, 0.2) is 0 Å². The van der Waals surface area contributed by atoms with Crippen LogP contribution in [-0.4, -0.2) is 33.6 Å². The van der Waals surface area contributed by atoms with Crippen LogP contribution in [0.4, 0.5) is 0 Å². The zero-order valence-electron chi connectivity index (χ0n) is 9.69. The van der Waals surface area contributed by atoms with Gasteiger partial charge in [-0.15, -0.1) is 0 Å². The molecular formula is C11H19N5. The molecule has 0 aromatic carbocycles. The third kappa shape index (κ3) is 2.61. The van der Waals surface area contributed by atoms with Crippen LogP contribution in [0.2, 0.25) is 0 Å². The Morgan fingerprint density at radius 3 is 2.75 bits per heavy atom. The topological polar surface area (TPSA) is 70.9 Å². The quantitative estimate of drug-likeness (QED) is 0.579. The summed E-state index contributed by atoms with van der Waals surface area (Å²) in [5.41, 5.74) is 6.63. The lowest BCUT2D eigenvalue weighted by molar-refractivity contribution is 0.198. The fraction of sp³-hybridized carbons (Fsp3) is 0.636. The number of nitrogens with two attached hydrogens (primary N) is 1. The summed E-state index contributed by atoms with van der Waals surface area (Å²) in [4.78, 5) is 2.38. The Morgan fingerprint density at radius 2 is 2.25 bits per heavy atom. The number of amidine groups is 1. The van der Waals surface area contributed by atoms with Gasteiger partial charge < -0.3 is 5.73 Å². The first-order valence-electron chi connectivity index (χ1n) is 5.70. The lowest BCUT2D eigenvalue weighted by Gasteiger charge is -2.30. The third-order valence-corrected chi connectivity index (χ3v) is 3.18. The van der Waals surface area contributed by atoms with E-state index in [1.54, 1.807) is 0 Å². The molecule has 1 aliphatic heterocycles. The van der Waals surface area contributed by atoms with Crippen LogP contribution in [0.3, 0.4) is 0 Å². The summed E-state index contributed by atoms with van der Waals surface area (Å²) in [7, 11) is 1.94. The number of rotatable bonds is 3. The second-order valence-electron chi connectivity index (χ2n) is 4.49. The van der Waals surface area contributed by atoms with Crippen molar-refractivity contribution in [1.29, 1.82) is 5.41 Å². The van der Waals surface area contributed by atoms with Crippen molar-refractivity contribution in [2.24, 2.45) is 18.7 Å². The van der Waals surface area contributed by atoms with Crippen LogP contribution in [0.25, 0.3) is 0 Å². The molecule has 16 heavy (non-hydrogen) atoms. The third-order valence-electron chi connectivity index (χ3n) is 3.18. The van der Waals surface area contributed by atoms with Gasteiger partial charge in [-0.1, -0.05) is 0 Å². The number of aryl methyl sites for hydroxylation is 1. The van der Waals surface area contributed by atoms with Gasteiger partial charge in [-0.05, 0) is 32.0 Å². The van der Waals surface area contributed by atoms with Gasteiger partial charge >= 0.3 is 0 Å². The Morgan fingerprint density at radius 1 is 1.56 bits per heavy atom. The van der Waals surface area contributed by atoms with E-state index in [-0.39, 0.29) is 0 Å². The Hall–Kier alpha value is -1.36. The lowest BCUT2D eigenvalue weighted by Crippen LogP contribution is -2.37. The van der Waals surface area contributed by atoms with E-state index in [1.165, 1.54) is 0 Å². The number of hydrogen-bond acceptors (Lipinski definition) is 3. The fourth-order valence-corrected chi connectivity index (χ4v) is 2.18. The number of aromatic nitrogens is 2. The van der Waals surface area contributed by atoms with Crippen LogP contribution in [0.1, 0.15) is 18.5 Å². The van der Waals surface area contributed by atoms with E-state index >= 15 is 0 Å². The molecule has 3 N–H and O–H groups in total. The first kappa shape index (κ1) is 11.1. The van der Waals surface area contributed by atoms with Gasteiger partial charge in [0.2, 0.25) is 0 Å². The fourth-order valence-electron chi connectivity index (χ4n) is 2.18. The maximum Gasteiger partial charge on any atom is 0.0937 e. The van der Waals surface area contributed by atoms with E-state index in [9.17, 15) is 0 Å². The molecule has 0 spiro atoms. The normalized spacial score (nSPS) is 18.8. The minimum Gasteiger partial charge on any atom is -0.387 e. The van der Waals surface area contributed by atoms with Gasteiger partial charge in [0.05, 0.1) is 11.5 Å². The molecule has 0 radical (unpaired) electrons. The van der Waals surface area contributed by atoms with Gasteiger partial charge in [-0.25, -0.2) is 0 Å². The van der Waals surface area contributed by atoms with Crippen LogP contribution in [-0.2, 0) is 13.6 Å². The monoisotopic (exact) mass is 221 g/mol. The molecule has 0 unspecified atom stereocenters. The molecule has 0 aliphatic carbocycles. The van der Waals surface area contributed by atoms with Gasteiger partial charge in [0.25, 0.3) is 0 Å². The van der Waals surface area contributed by atoms with E-state index in [4.69, 9.17) is 11.1 Å². The molecule has 1 aromatic heterocycles. The summed E-state index contributed by atoms with van der Waals surface area (Å²) < 4.78 is 1.83. The highest BCUT2D eigenvalue weighted by molar-refractivity contribution is 5.79. The number of nitrogens with one attached hydrogen (secondary N) is 1. The maximum absolute atomic E-state index is 7.42. The molecule has 5 heteroatoms. The highest BCUT2D eigenvalue weighted by Crippen LogP contribution is 2.18. The number of nitrogens with zero attached hydrogens (tertiary/aromatic N) is 3. The van der Waals surface area contributed by atoms with Gasteiger partial charge in [-0.2, -0.15) is 5.10 Å². The molecule has 88 valence electrons. The van der Waals surface area contributed by atoms with Crippen molar-refractivity contribution in [1.82, 2.24) is 14.7 Å². The van der Waals surface area contributed by atoms with Crippen LogP contribution < -0.4 is 5.73 Å². The van der Waals surface area contributed by atoms with Gasteiger partial charge in [0, 0.05) is 25.7 Å². The van der Waals surface area contributed by atoms with Crippen molar-refractivity contribution in [2.45, 2.75) is 19.4 Å². The van der Waals surface area contributed by atoms with Crippen molar-refractivity contribution in [2.75, 3.05) is 13.1 Å². The van der Waals surface area contributed by atoms with Crippen molar-refractivity contribution in [3.8, 4) is 0 Å². The molecule has 0 bridgehead atoms. The van der Waals surface area contributed by atoms with Crippen LogP contribution in [0.15, 0.2) is 12.3 Å². The van der Waals surface area contributed by atoms with E-state index in [2.05, 4.69) is 16.1 Å². The second-order valence-corrected chi connectivity index (χ2v) is 4.49.